The van der Waals surface area contributed by atoms with Gasteiger partial charge >= 0.3 is 0 Å². The van der Waals surface area contributed by atoms with Crippen LogP contribution in [0, 0.1) is 11.8 Å². The molecule has 2 aliphatic carbocycles. The number of amides is 1. The van der Waals surface area contributed by atoms with Crippen LogP contribution in [0.2, 0.25) is 0 Å². The molecule has 2 saturated carbocycles. The molecule has 0 aromatic rings. The van der Waals surface area contributed by atoms with Crippen molar-refractivity contribution in [1.29, 1.82) is 0 Å². The Labute approximate surface area is 109 Å². The van der Waals surface area contributed by atoms with Crippen molar-refractivity contribution in [3.63, 3.8) is 0 Å². The maximum atomic E-state index is 12.1. The third-order valence-corrected chi connectivity index (χ3v) is 4.45. The number of hydrogen-bond acceptors (Lipinski definition) is 3. The lowest BCUT2D eigenvalue weighted by molar-refractivity contribution is -0.128. The van der Waals surface area contributed by atoms with Gasteiger partial charge in [-0.15, -0.1) is 0 Å². The fourth-order valence-corrected chi connectivity index (χ4v) is 3.10. The molecule has 0 saturated heterocycles. The van der Waals surface area contributed by atoms with E-state index in [2.05, 4.69) is 5.32 Å². The highest BCUT2D eigenvalue weighted by Gasteiger charge is 2.28. The van der Waals surface area contributed by atoms with Crippen molar-refractivity contribution in [3.05, 3.63) is 0 Å². The molecule has 18 heavy (non-hydrogen) atoms. The van der Waals surface area contributed by atoms with Crippen molar-refractivity contribution in [2.45, 2.75) is 63.5 Å². The summed E-state index contributed by atoms with van der Waals surface area (Å²) in [6.07, 6.45) is 8.56. The molecule has 0 radical (unpaired) electrons. The van der Waals surface area contributed by atoms with Gasteiger partial charge in [0.15, 0.2) is 0 Å². The third-order valence-electron chi connectivity index (χ3n) is 4.45. The fraction of sp³-hybridized carbons (Fsp3) is 0.857. The van der Waals surface area contributed by atoms with Gasteiger partial charge in [-0.1, -0.05) is 0 Å². The fourth-order valence-electron chi connectivity index (χ4n) is 3.10. The lowest BCUT2D eigenvalue weighted by Gasteiger charge is -2.30. The summed E-state index contributed by atoms with van der Waals surface area (Å²) in [5.74, 6) is 0.498. The first-order chi connectivity index (χ1) is 8.69. The summed E-state index contributed by atoms with van der Waals surface area (Å²) in [6.45, 7) is 0. The molecule has 0 aliphatic heterocycles. The first-order valence-corrected chi connectivity index (χ1v) is 7.20. The van der Waals surface area contributed by atoms with E-state index < -0.39 is 0 Å². The molecule has 4 heteroatoms. The first kappa shape index (κ1) is 13.5. The minimum Gasteiger partial charge on any atom is -0.353 e. The molecule has 0 aromatic carbocycles. The van der Waals surface area contributed by atoms with Gasteiger partial charge in [0, 0.05) is 23.9 Å². The van der Waals surface area contributed by atoms with E-state index in [0.717, 1.165) is 57.7 Å². The lowest BCUT2D eigenvalue weighted by Crippen LogP contribution is -2.43. The number of aldehydes is 1. The Balaban J connectivity index is 1.73. The van der Waals surface area contributed by atoms with Gasteiger partial charge in [0.2, 0.25) is 5.91 Å². The predicted octanol–water partition coefficient (Wildman–Crippen LogP) is 1.38. The summed E-state index contributed by atoms with van der Waals surface area (Å²) < 4.78 is 0. The van der Waals surface area contributed by atoms with Crippen molar-refractivity contribution in [2.24, 2.45) is 17.6 Å². The summed E-state index contributed by atoms with van der Waals surface area (Å²) in [4.78, 5) is 22.8. The van der Waals surface area contributed by atoms with Gasteiger partial charge in [0.25, 0.3) is 0 Å². The van der Waals surface area contributed by atoms with Crippen LogP contribution in [0.1, 0.15) is 51.4 Å². The SMILES string of the molecule is NC1CCC(NC(=O)C2CCC(C=O)CC2)CC1. The van der Waals surface area contributed by atoms with Crippen LogP contribution in [-0.2, 0) is 9.59 Å². The van der Waals surface area contributed by atoms with E-state index in [-0.39, 0.29) is 17.7 Å². The number of carbonyl (C=O) groups excluding carboxylic acids is 2. The maximum absolute atomic E-state index is 12.1. The Morgan fingerprint density at radius 1 is 1.00 bits per heavy atom. The van der Waals surface area contributed by atoms with Crippen LogP contribution in [-0.4, -0.2) is 24.3 Å². The van der Waals surface area contributed by atoms with Crippen molar-refractivity contribution in [3.8, 4) is 0 Å². The Morgan fingerprint density at radius 3 is 2.17 bits per heavy atom. The average molecular weight is 252 g/mol. The monoisotopic (exact) mass is 252 g/mol. The predicted molar refractivity (Wildman–Crippen MR) is 69.9 cm³/mol. The van der Waals surface area contributed by atoms with E-state index >= 15 is 0 Å². The van der Waals surface area contributed by atoms with Gasteiger partial charge < -0.3 is 15.8 Å². The van der Waals surface area contributed by atoms with E-state index in [0.29, 0.717) is 12.1 Å². The van der Waals surface area contributed by atoms with E-state index in [1.165, 1.54) is 0 Å². The zero-order valence-corrected chi connectivity index (χ0v) is 10.9. The molecule has 2 fully saturated rings. The standard InChI is InChI=1S/C14H24N2O2/c15-12-5-7-13(8-6-12)16-14(18)11-3-1-10(9-17)2-4-11/h9-13H,1-8,15H2,(H,16,18). The van der Waals surface area contributed by atoms with Gasteiger partial charge in [0.05, 0.1) is 0 Å². The molecular weight excluding hydrogens is 228 g/mol. The summed E-state index contributed by atoms with van der Waals surface area (Å²) in [6, 6.07) is 0.641. The maximum Gasteiger partial charge on any atom is 0.223 e. The molecule has 0 atom stereocenters. The van der Waals surface area contributed by atoms with Crippen molar-refractivity contribution in [2.75, 3.05) is 0 Å². The van der Waals surface area contributed by atoms with Gasteiger partial charge in [0.1, 0.15) is 6.29 Å². The molecular formula is C14H24N2O2. The Bertz CT molecular complexity index is 290. The summed E-state index contributed by atoms with van der Waals surface area (Å²) in [7, 11) is 0. The van der Waals surface area contributed by atoms with E-state index in [9.17, 15) is 9.59 Å². The minimum atomic E-state index is 0.122. The Morgan fingerprint density at radius 2 is 1.61 bits per heavy atom. The molecule has 2 aliphatic rings. The Kier molecular flexibility index (Phi) is 4.75. The number of carbonyl (C=O) groups is 2. The highest BCUT2D eigenvalue weighted by Crippen LogP contribution is 2.28. The van der Waals surface area contributed by atoms with Gasteiger partial charge in [-0.25, -0.2) is 0 Å². The normalized spacial score (nSPS) is 36.9. The zero-order valence-electron chi connectivity index (χ0n) is 10.9. The largest absolute Gasteiger partial charge is 0.353 e. The highest BCUT2D eigenvalue weighted by atomic mass is 16.2. The Hall–Kier alpha value is -0.900. The molecule has 102 valence electrons. The molecule has 0 spiro atoms. The van der Waals surface area contributed by atoms with Gasteiger partial charge in [-0.2, -0.15) is 0 Å². The minimum absolute atomic E-state index is 0.122. The molecule has 4 nitrogen and oxygen atoms in total. The molecule has 0 heterocycles. The van der Waals surface area contributed by atoms with Crippen LogP contribution < -0.4 is 11.1 Å². The molecule has 2 rings (SSSR count). The first-order valence-electron chi connectivity index (χ1n) is 7.20. The van der Waals surface area contributed by atoms with Crippen LogP contribution >= 0.6 is 0 Å². The molecule has 0 bridgehead atoms. The van der Waals surface area contributed by atoms with Crippen molar-refractivity contribution in [1.82, 2.24) is 5.32 Å². The zero-order chi connectivity index (χ0) is 13.0. The van der Waals surface area contributed by atoms with E-state index in [4.69, 9.17) is 5.73 Å². The number of nitrogens with one attached hydrogen (secondary N) is 1. The van der Waals surface area contributed by atoms with E-state index in [1.54, 1.807) is 0 Å². The second-order valence-electron chi connectivity index (χ2n) is 5.87. The third kappa shape index (κ3) is 3.55. The summed E-state index contributed by atoms with van der Waals surface area (Å²) in [5, 5.41) is 3.16. The van der Waals surface area contributed by atoms with Crippen molar-refractivity contribution >= 4 is 12.2 Å². The van der Waals surface area contributed by atoms with Crippen LogP contribution in [0.15, 0.2) is 0 Å². The highest BCUT2D eigenvalue weighted by molar-refractivity contribution is 5.79. The topological polar surface area (TPSA) is 72.2 Å². The average Bonchev–Trinajstić information content (AvgIpc) is 2.41. The molecule has 0 unspecified atom stereocenters. The number of hydrogen-bond donors (Lipinski definition) is 2. The van der Waals surface area contributed by atoms with Crippen molar-refractivity contribution < 1.29 is 9.59 Å². The second kappa shape index (κ2) is 6.32. The molecule has 3 N–H and O–H groups in total. The van der Waals surface area contributed by atoms with Crippen LogP contribution in [0.5, 0.6) is 0 Å². The van der Waals surface area contributed by atoms with Crippen LogP contribution in [0.3, 0.4) is 0 Å². The second-order valence-corrected chi connectivity index (χ2v) is 5.87. The summed E-state index contributed by atoms with van der Waals surface area (Å²) >= 11 is 0. The van der Waals surface area contributed by atoms with Crippen LogP contribution in [0.4, 0.5) is 0 Å². The molecule has 1 amide bonds. The van der Waals surface area contributed by atoms with E-state index in [1.807, 2.05) is 0 Å². The smallest absolute Gasteiger partial charge is 0.223 e. The summed E-state index contributed by atoms with van der Waals surface area (Å²) in [5.41, 5.74) is 5.86. The van der Waals surface area contributed by atoms with Gasteiger partial charge in [-0.05, 0) is 51.4 Å². The number of rotatable bonds is 3. The molecule has 0 aromatic heterocycles. The lowest BCUT2D eigenvalue weighted by atomic mass is 9.82. The van der Waals surface area contributed by atoms with Crippen LogP contribution in [0.25, 0.3) is 0 Å². The van der Waals surface area contributed by atoms with Gasteiger partial charge in [-0.3, -0.25) is 4.79 Å². The quantitative estimate of drug-likeness (QED) is 0.745. The number of nitrogens with two attached hydrogens (primary N) is 1.